The molecule has 0 saturated carbocycles. The molecule has 0 radical (unpaired) electrons. The summed E-state index contributed by atoms with van der Waals surface area (Å²) in [6.45, 7) is 4.65. The molecule has 0 aromatic heterocycles. The molecule has 0 spiro atoms. The number of fused-ring (bicyclic) bond motifs is 3. The van der Waals surface area contributed by atoms with Crippen molar-refractivity contribution in [1.82, 2.24) is 0 Å². The Morgan fingerprint density at radius 3 is 1.22 bits per heavy atom. The zero-order valence-corrected chi connectivity index (χ0v) is 35.5. The van der Waals surface area contributed by atoms with E-state index in [-0.39, 0.29) is 5.41 Å². The Kier molecular flexibility index (Phi) is 13.2. The molecule has 0 heterocycles. The van der Waals surface area contributed by atoms with Gasteiger partial charge in [-0.2, -0.15) is 0 Å². The van der Waals surface area contributed by atoms with E-state index in [1.54, 1.807) is 0 Å². The molecule has 1 aliphatic rings. The largest absolute Gasteiger partial charge is 0.0654 e. The molecular formula is C53H52Br2. The Hall–Kier alpha value is -4.24. The van der Waals surface area contributed by atoms with Gasteiger partial charge in [0.05, 0.1) is 0 Å². The molecule has 0 saturated heterocycles. The monoisotopic (exact) mass is 846 g/mol. The van der Waals surface area contributed by atoms with Crippen molar-refractivity contribution in [2.45, 2.75) is 83.5 Å². The van der Waals surface area contributed by atoms with Crippen molar-refractivity contribution in [2.75, 3.05) is 0 Å². The predicted octanol–water partition coefficient (Wildman–Crippen LogP) is 16.6. The van der Waals surface area contributed by atoms with Crippen LogP contribution in [0.25, 0.3) is 34.4 Å². The summed E-state index contributed by atoms with van der Waals surface area (Å²) in [7, 11) is 0. The first-order valence-electron chi connectivity index (χ1n) is 20.3. The SMILES string of the molecule is CCCCCCC1(CCCCCC)c2cc(C(=Cc3ccc(Br)cc3)c3ccccc3)ccc2-c2ccc(C(=Cc3ccc(Br)cc3)c3ccccc3)cc21. The third-order valence-electron chi connectivity index (χ3n) is 11.4. The smallest absolute Gasteiger partial charge is 0.0215 e. The Balaban J connectivity index is 1.42. The van der Waals surface area contributed by atoms with Crippen LogP contribution in [0.1, 0.15) is 123 Å². The van der Waals surface area contributed by atoms with E-state index in [4.69, 9.17) is 0 Å². The standard InChI is InChI=1S/C53H52Br2/c1-3-5-7-15-33-53(34-16-8-6-4-2)51-37-43(49(41-17-11-9-12-18-41)35-39-21-27-45(54)28-22-39)25-31-47(51)48-32-26-44(38-52(48)53)50(42-19-13-10-14-20-42)36-40-23-29-46(55)30-24-40/h9-14,17-32,35-38H,3-8,15-16,33-34H2,1-2H3. The lowest BCUT2D eigenvalue weighted by atomic mass is 9.69. The minimum absolute atomic E-state index is 0.0585. The van der Waals surface area contributed by atoms with Gasteiger partial charge in [0.15, 0.2) is 0 Å². The number of rotatable bonds is 16. The van der Waals surface area contributed by atoms with Crippen LogP contribution in [0.15, 0.2) is 155 Å². The van der Waals surface area contributed by atoms with Gasteiger partial charge in [-0.1, -0.05) is 206 Å². The van der Waals surface area contributed by atoms with Gasteiger partial charge in [0.1, 0.15) is 0 Å². The number of hydrogen-bond acceptors (Lipinski definition) is 0. The summed E-state index contributed by atoms with van der Waals surface area (Å²) in [4.78, 5) is 0. The van der Waals surface area contributed by atoms with E-state index in [1.807, 2.05) is 0 Å². The molecule has 2 heteroatoms. The lowest BCUT2D eigenvalue weighted by Crippen LogP contribution is -2.26. The van der Waals surface area contributed by atoms with Crippen LogP contribution in [0.3, 0.4) is 0 Å². The first kappa shape index (κ1) is 39.0. The first-order valence-corrected chi connectivity index (χ1v) is 21.9. The average Bonchev–Trinajstić information content (AvgIpc) is 3.49. The quantitative estimate of drug-likeness (QED) is 0.0672. The van der Waals surface area contributed by atoms with Gasteiger partial charge in [-0.15, -0.1) is 0 Å². The van der Waals surface area contributed by atoms with Crippen LogP contribution >= 0.6 is 31.9 Å². The van der Waals surface area contributed by atoms with Crippen molar-refractivity contribution < 1.29 is 0 Å². The average molecular weight is 849 g/mol. The highest BCUT2D eigenvalue weighted by molar-refractivity contribution is 9.10. The molecule has 0 nitrogen and oxygen atoms in total. The van der Waals surface area contributed by atoms with Crippen molar-refractivity contribution in [2.24, 2.45) is 0 Å². The molecule has 1 aliphatic carbocycles. The summed E-state index contributed by atoms with van der Waals surface area (Å²) in [5, 5.41) is 0. The number of hydrogen-bond donors (Lipinski definition) is 0. The van der Waals surface area contributed by atoms with Gasteiger partial charge in [0.2, 0.25) is 0 Å². The van der Waals surface area contributed by atoms with Crippen LogP contribution in [-0.4, -0.2) is 0 Å². The number of halogens is 2. The molecule has 0 aliphatic heterocycles. The zero-order valence-electron chi connectivity index (χ0n) is 32.3. The normalized spacial score (nSPS) is 13.5. The lowest BCUT2D eigenvalue weighted by molar-refractivity contribution is 0.401. The van der Waals surface area contributed by atoms with Crippen LogP contribution in [0.5, 0.6) is 0 Å². The van der Waals surface area contributed by atoms with E-state index < -0.39 is 0 Å². The predicted molar refractivity (Wildman–Crippen MR) is 245 cm³/mol. The van der Waals surface area contributed by atoms with E-state index in [9.17, 15) is 0 Å². The van der Waals surface area contributed by atoms with Gasteiger partial charge in [-0.25, -0.2) is 0 Å². The molecular weight excluding hydrogens is 796 g/mol. The third kappa shape index (κ3) is 9.09. The van der Waals surface area contributed by atoms with E-state index >= 15 is 0 Å². The van der Waals surface area contributed by atoms with Crippen LogP contribution in [-0.2, 0) is 5.41 Å². The lowest BCUT2D eigenvalue weighted by Gasteiger charge is -2.33. The van der Waals surface area contributed by atoms with Crippen molar-refractivity contribution in [1.29, 1.82) is 0 Å². The van der Waals surface area contributed by atoms with Crippen molar-refractivity contribution in [3.8, 4) is 11.1 Å². The summed E-state index contributed by atoms with van der Waals surface area (Å²) in [6.07, 6.45) is 17.1. The maximum Gasteiger partial charge on any atom is 0.0215 e. The molecule has 6 aromatic carbocycles. The molecule has 0 amide bonds. The fourth-order valence-corrected chi connectivity index (χ4v) is 9.08. The summed E-state index contributed by atoms with van der Waals surface area (Å²) >= 11 is 7.29. The molecule has 0 unspecified atom stereocenters. The van der Waals surface area contributed by atoms with Gasteiger partial charge in [-0.3, -0.25) is 0 Å². The molecule has 278 valence electrons. The van der Waals surface area contributed by atoms with Crippen LogP contribution in [0, 0.1) is 0 Å². The second kappa shape index (κ2) is 18.6. The van der Waals surface area contributed by atoms with Crippen molar-refractivity contribution >= 4 is 55.2 Å². The Bertz CT molecular complexity index is 2060. The topological polar surface area (TPSA) is 0 Å². The molecule has 0 bridgehead atoms. The van der Waals surface area contributed by atoms with E-state index in [0.29, 0.717) is 0 Å². The summed E-state index contributed by atoms with van der Waals surface area (Å²) in [5.74, 6) is 0. The molecule has 0 fully saturated rings. The summed E-state index contributed by atoms with van der Waals surface area (Å²) < 4.78 is 2.19. The minimum Gasteiger partial charge on any atom is -0.0654 e. The summed E-state index contributed by atoms with van der Waals surface area (Å²) in [5.41, 5.74) is 15.8. The Morgan fingerprint density at radius 2 is 0.836 bits per heavy atom. The Labute approximate surface area is 346 Å². The van der Waals surface area contributed by atoms with E-state index in [0.717, 1.165) is 8.95 Å². The highest BCUT2D eigenvalue weighted by atomic mass is 79.9. The highest BCUT2D eigenvalue weighted by Gasteiger charge is 2.42. The van der Waals surface area contributed by atoms with Gasteiger partial charge in [-0.05, 0) is 128 Å². The summed E-state index contributed by atoms with van der Waals surface area (Å²) in [6, 6.07) is 54.1. The van der Waals surface area contributed by atoms with Crippen molar-refractivity contribution in [3.63, 3.8) is 0 Å². The zero-order chi connectivity index (χ0) is 38.0. The van der Waals surface area contributed by atoms with Crippen LogP contribution < -0.4 is 0 Å². The molecule has 0 N–H and O–H groups in total. The van der Waals surface area contributed by atoms with E-state index in [1.165, 1.54) is 131 Å². The van der Waals surface area contributed by atoms with Gasteiger partial charge >= 0.3 is 0 Å². The van der Waals surface area contributed by atoms with Crippen molar-refractivity contribution in [3.05, 3.63) is 199 Å². The maximum absolute atomic E-state index is 3.64. The Morgan fingerprint density at radius 1 is 0.436 bits per heavy atom. The van der Waals surface area contributed by atoms with E-state index in [2.05, 4.69) is 203 Å². The second-order valence-corrected chi connectivity index (χ2v) is 17.0. The third-order valence-corrected chi connectivity index (χ3v) is 12.5. The number of unbranched alkanes of at least 4 members (excludes halogenated alkanes) is 6. The van der Waals surface area contributed by atoms with Gasteiger partial charge < -0.3 is 0 Å². The number of benzene rings is 6. The minimum atomic E-state index is -0.0585. The highest BCUT2D eigenvalue weighted by Crippen LogP contribution is 2.55. The van der Waals surface area contributed by atoms with Gasteiger partial charge in [0.25, 0.3) is 0 Å². The molecule has 7 rings (SSSR count). The van der Waals surface area contributed by atoms with Gasteiger partial charge in [0, 0.05) is 14.4 Å². The fourth-order valence-electron chi connectivity index (χ4n) is 8.55. The fraction of sp³-hybridized carbons (Fsp3) is 0.245. The first-order chi connectivity index (χ1) is 27.0. The van der Waals surface area contributed by atoms with Crippen LogP contribution in [0.2, 0.25) is 0 Å². The molecule has 55 heavy (non-hydrogen) atoms. The maximum atomic E-state index is 3.64. The van der Waals surface area contributed by atoms with Crippen LogP contribution in [0.4, 0.5) is 0 Å². The molecule has 6 aromatic rings. The molecule has 0 atom stereocenters. The second-order valence-electron chi connectivity index (χ2n) is 15.2.